The van der Waals surface area contributed by atoms with Gasteiger partial charge < -0.3 is 9.84 Å². The summed E-state index contributed by atoms with van der Waals surface area (Å²) in [6.45, 7) is 11.9. The Morgan fingerprint density at radius 1 is 1.14 bits per heavy atom. The summed E-state index contributed by atoms with van der Waals surface area (Å²) in [6, 6.07) is 8.60. The number of aryl methyl sites for hydroxylation is 1. The normalized spacial score (nSPS) is 11.9. The SMILES string of the molecule is CCn1c(=O)[nH]c(=O)c2c(C(=O)Nc3ccc(-c4noc(C(C)(C)C)n4)cc3)cc(C(C)C)nc21. The third-order valence-electron chi connectivity index (χ3n) is 5.59. The number of hydrogen-bond donors (Lipinski definition) is 2. The number of fused-ring (bicyclic) bond motifs is 1. The molecule has 0 saturated carbocycles. The van der Waals surface area contributed by atoms with Crippen LogP contribution in [-0.2, 0) is 12.0 Å². The summed E-state index contributed by atoms with van der Waals surface area (Å²) in [5.41, 5.74) is 0.746. The average molecular weight is 477 g/mol. The van der Waals surface area contributed by atoms with Gasteiger partial charge in [-0.25, -0.2) is 9.78 Å². The molecule has 3 heterocycles. The molecule has 0 bridgehead atoms. The number of nitrogens with one attached hydrogen (secondary N) is 2. The number of carbonyl (C=O) groups excluding carboxylic acids is 1. The van der Waals surface area contributed by atoms with Gasteiger partial charge in [-0.1, -0.05) is 39.8 Å². The van der Waals surface area contributed by atoms with Crippen molar-refractivity contribution in [3.63, 3.8) is 0 Å². The minimum Gasteiger partial charge on any atom is -0.338 e. The molecule has 0 unspecified atom stereocenters. The maximum atomic E-state index is 13.3. The van der Waals surface area contributed by atoms with Crippen LogP contribution in [0.2, 0.25) is 0 Å². The van der Waals surface area contributed by atoms with Crippen molar-refractivity contribution in [1.29, 1.82) is 0 Å². The molecule has 2 N–H and O–H groups in total. The molecule has 0 radical (unpaired) electrons. The van der Waals surface area contributed by atoms with Crippen LogP contribution in [0.5, 0.6) is 0 Å². The molecule has 0 aliphatic heterocycles. The minimum absolute atomic E-state index is 0.0159. The zero-order chi connectivity index (χ0) is 25.5. The van der Waals surface area contributed by atoms with Crippen molar-refractivity contribution in [3.05, 3.63) is 68.3 Å². The van der Waals surface area contributed by atoms with Crippen LogP contribution in [0.15, 0.2) is 44.4 Å². The van der Waals surface area contributed by atoms with E-state index in [2.05, 4.69) is 25.4 Å². The van der Waals surface area contributed by atoms with E-state index < -0.39 is 17.2 Å². The summed E-state index contributed by atoms with van der Waals surface area (Å²) in [7, 11) is 0. The van der Waals surface area contributed by atoms with Crippen LogP contribution in [0.3, 0.4) is 0 Å². The van der Waals surface area contributed by atoms with Crippen molar-refractivity contribution in [1.82, 2.24) is 24.7 Å². The quantitative estimate of drug-likeness (QED) is 0.447. The summed E-state index contributed by atoms with van der Waals surface area (Å²) >= 11 is 0. The fourth-order valence-electron chi connectivity index (χ4n) is 3.61. The molecular weight excluding hydrogens is 448 g/mol. The second-order valence-corrected chi connectivity index (χ2v) is 9.66. The van der Waals surface area contributed by atoms with E-state index in [-0.39, 0.29) is 27.9 Å². The average Bonchev–Trinajstić information content (AvgIpc) is 3.30. The molecule has 0 spiro atoms. The highest BCUT2D eigenvalue weighted by Crippen LogP contribution is 2.25. The lowest BCUT2D eigenvalue weighted by molar-refractivity contribution is 0.102. The van der Waals surface area contributed by atoms with Gasteiger partial charge in [-0.15, -0.1) is 0 Å². The number of carbonyl (C=O) groups is 1. The molecule has 35 heavy (non-hydrogen) atoms. The van der Waals surface area contributed by atoms with Gasteiger partial charge in [0.2, 0.25) is 11.7 Å². The van der Waals surface area contributed by atoms with Gasteiger partial charge in [0.25, 0.3) is 11.5 Å². The van der Waals surface area contributed by atoms with Gasteiger partial charge in [-0.2, -0.15) is 4.98 Å². The van der Waals surface area contributed by atoms with Crippen molar-refractivity contribution < 1.29 is 9.32 Å². The standard InChI is InChI=1S/C25H28N6O4/c1-7-31-20-18(22(33)29-24(31)34)16(12-17(27-20)13(2)3)21(32)26-15-10-8-14(9-11-15)19-28-23(35-30-19)25(4,5)6/h8-13H,7H2,1-6H3,(H,26,32)(H,29,33,34). The molecule has 0 saturated heterocycles. The molecule has 4 aromatic rings. The zero-order valence-electron chi connectivity index (χ0n) is 20.6. The Kier molecular flexibility index (Phi) is 6.14. The van der Waals surface area contributed by atoms with E-state index in [1.165, 1.54) is 4.57 Å². The number of amides is 1. The van der Waals surface area contributed by atoms with Crippen molar-refractivity contribution in [3.8, 4) is 11.4 Å². The molecule has 1 amide bonds. The fourth-order valence-corrected chi connectivity index (χ4v) is 3.61. The van der Waals surface area contributed by atoms with Gasteiger partial charge in [0.05, 0.1) is 10.9 Å². The molecule has 10 nitrogen and oxygen atoms in total. The highest BCUT2D eigenvalue weighted by molar-refractivity contribution is 6.11. The van der Waals surface area contributed by atoms with Gasteiger partial charge in [0.1, 0.15) is 0 Å². The number of pyridine rings is 1. The number of aromatic amines is 1. The predicted molar refractivity (Wildman–Crippen MR) is 133 cm³/mol. The van der Waals surface area contributed by atoms with Crippen molar-refractivity contribution in [2.75, 3.05) is 5.32 Å². The lowest BCUT2D eigenvalue weighted by Crippen LogP contribution is -2.32. The Hall–Kier alpha value is -4.08. The number of anilines is 1. The topological polar surface area (TPSA) is 136 Å². The van der Waals surface area contributed by atoms with Crippen molar-refractivity contribution in [2.24, 2.45) is 0 Å². The second-order valence-electron chi connectivity index (χ2n) is 9.66. The molecule has 10 heteroatoms. The van der Waals surface area contributed by atoms with E-state index in [4.69, 9.17) is 4.52 Å². The highest BCUT2D eigenvalue weighted by atomic mass is 16.5. The summed E-state index contributed by atoms with van der Waals surface area (Å²) in [4.78, 5) is 49.5. The molecular formula is C25H28N6O4. The number of hydrogen-bond acceptors (Lipinski definition) is 7. The predicted octanol–water partition coefficient (Wildman–Crippen LogP) is 3.83. The lowest BCUT2D eigenvalue weighted by atomic mass is 9.97. The zero-order valence-corrected chi connectivity index (χ0v) is 20.6. The smallest absolute Gasteiger partial charge is 0.329 e. The Morgan fingerprint density at radius 2 is 1.83 bits per heavy atom. The molecule has 4 rings (SSSR count). The number of benzene rings is 1. The summed E-state index contributed by atoms with van der Waals surface area (Å²) < 4.78 is 6.70. The van der Waals surface area contributed by atoms with Crippen LogP contribution >= 0.6 is 0 Å². The summed E-state index contributed by atoms with van der Waals surface area (Å²) in [6.07, 6.45) is 0. The van der Waals surface area contributed by atoms with Gasteiger partial charge in [0.15, 0.2) is 5.65 Å². The number of H-pyrrole nitrogens is 1. The van der Waals surface area contributed by atoms with E-state index in [0.29, 0.717) is 29.6 Å². The first kappa shape index (κ1) is 24.1. The minimum atomic E-state index is -0.648. The van der Waals surface area contributed by atoms with Crippen LogP contribution in [0.4, 0.5) is 5.69 Å². The Balaban J connectivity index is 1.70. The van der Waals surface area contributed by atoms with Gasteiger partial charge >= 0.3 is 5.69 Å². The largest absolute Gasteiger partial charge is 0.338 e. The Labute approximate surface area is 201 Å². The molecule has 182 valence electrons. The van der Waals surface area contributed by atoms with Crippen LogP contribution < -0.4 is 16.6 Å². The van der Waals surface area contributed by atoms with Gasteiger partial charge in [0, 0.05) is 28.9 Å². The number of nitrogens with zero attached hydrogens (tertiary/aromatic N) is 4. The van der Waals surface area contributed by atoms with E-state index in [0.717, 1.165) is 5.56 Å². The highest BCUT2D eigenvalue weighted by Gasteiger charge is 2.23. The Morgan fingerprint density at radius 3 is 2.40 bits per heavy atom. The molecule has 1 aromatic carbocycles. The second kappa shape index (κ2) is 8.94. The monoisotopic (exact) mass is 476 g/mol. The summed E-state index contributed by atoms with van der Waals surface area (Å²) in [5, 5.41) is 6.95. The molecule has 0 aliphatic rings. The number of aromatic nitrogens is 5. The van der Waals surface area contributed by atoms with Crippen LogP contribution in [0.25, 0.3) is 22.4 Å². The first-order valence-electron chi connectivity index (χ1n) is 11.4. The summed E-state index contributed by atoms with van der Waals surface area (Å²) in [5.74, 6) is 0.496. The third-order valence-corrected chi connectivity index (χ3v) is 5.59. The lowest BCUT2D eigenvalue weighted by Gasteiger charge is -2.14. The molecule has 0 fully saturated rings. The van der Waals surface area contributed by atoms with E-state index in [9.17, 15) is 14.4 Å². The third kappa shape index (κ3) is 4.64. The van der Waals surface area contributed by atoms with Crippen molar-refractivity contribution >= 4 is 22.6 Å². The first-order valence-corrected chi connectivity index (χ1v) is 11.4. The van der Waals surface area contributed by atoms with E-state index in [1.807, 2.05) is 34.6 Å². The number of rotatable bonds is 5. The van der Waals surface area contributed by atoms with E-state index >= 15 is 0 Å². The van der Waals surface area contributed by atoms with Gasteiger partial charge in [-0.05, 0) is 43.2 Å². The van der Waals surface area contributed by atoms with E-state index in [1.54, 1.807) is 37.3 Å². The van der Waals surface area contributed by atoms with Gasteiger partial charge in [-0.3, -0.25) is 19.1 Å². The molecule has 3 aromatic heterocycles. The molecule has 0 atom stereocenters. The fraction of sp³-hybridized carbons (Fsp3) is 0.360. The maximum Gasteiger partial charge on any atom is 0.329 e. The van der Waals surface area contributed by atoms with Crippen LogP contribution in [-0.4, -0.2) is 30.6 Å². The van der Waals surface area contributed by atoms with Crippen LogP contribution in [0, 0.1) is 0 Å². The molecule has 0 aliphatic carbocycles. The first-order chi connectivity index (χ1) is 16.5. The van der Waals surface area contributed by atoms with Crippen molar-refractivity contribution in [2.45, 2.75) is 59.4 Å². The van der Waals surface area contributed by atoms with Crippen LogP contribution in [0.1, 0.15) is 69.4 Å². The Bertz CT molecular complexity index is 1520. The maximum absolute atomic E-state index is 13.3.